The number of nitrogens with one attached hydrogen (secondary N) is 1. The molecule has 1 aliphatic heterocycles. The van der Waals surface area contributed by atoms with E-state index in [1.165, 1.54) is 30.4 Å². The lowest BCUT2D eigenvalue weighted by Crippen LogP contribution is -2.44. The molecule has 1 fully saturated rings. The van der Waals surface area contributed by atoms with Gasteiger partial charge in [-0.2, -0.15) is 0 Å². The molecule has 0 aromatic heterocycles. The van der Waals surface area contributed by atoms with Crippen LogP contribution in [0.5, 0.6) is 0 Å². The Morgan fingerprint density at radius 2 is 2.16 bits per heavy atom. The second kappa shape index (κ2) is 5.33. The first kappa shape index (κ1) is 12.7. The summed E-state index contributed by atoms with van der Waals surface area (Å²) in [5.74, 6) is 0.951. The third-order valence-corrected chi connectivity index (χ3v) is 4.49. The molecule has 102 valence electrons. The molecule has 1 aromatic carbocycles. The molecule has 3 nitrogen and oxygen atoms in total. The molecular weight excluding hydrogens is 236 g/mol. The maximum atomic E-state index is 12.6. The maximum Gasteiger partial charge on any atom is 0.244 e. The number of benzene rings is 1. The number of carbonyl (C=O) groups excluding carboxylic acids is 1. The zero-order valence-corrected chi connectivity index (χ0v) is 11.6. The van der Waals surface area contributed by atoms with Crippen molar-refractivity contribution in [1.82, 2.24) is 10.2 Å². The van der Waals surface area contributed by atoms with Gasteiger partial charge in [0.1, 0.15) is 6.04 Å². The molecule has 1 N–H and O–H groups in total. The molecule has 3 rings (SSSR count). The van der Waals surface area contributed by atoms with Crippen molar-refractivity contribution < 1.29 is 4.79 Å². The van der Waals surface area contributed by atoms with Gasteiger partial charge in [0.2, 0.25) is 5.91 Å². The summed E-state index contributed by atoms with van der Waals surface area (Å²) in [5, 5.41) is 3.37. The minimum Gasteiger partial charge on any atom is -0.344 e. The highest BCUT2D eigenvalue weighted by atomic mass is 16.2. The molecule has 0 bridgehead atoms. The average Bonchev–Trinajstić information content (AvgIpc) is 2.41. The van der Waals surface area contributed by atoms with E-state index in [0.29, 0.717) is 0 Å². The Morgan fingerprint density at radius 1 is 1.37 bits per heavy atom. The molecular formula is C16H22N2O. The van der Waals surface area contributed by atoms with Crippen LogP contribution in [0, 0.1) is 5.92 Å². The van der Waals surface area contributed by atoms with Gasteiger partial charge in [0, 0.05) is 20.1 Å². The number of hydrogen-bond acceptors (Lipinski definition) is 2. The van der Waals surface area contributed by atoms with Crippen LogP contribution < -0.4 is 5.32 Å². The van der Waals surface area contributed by atoms with Gasteiger partial charge in [-0.15, -0.1) is 0 Å². The van der Waals surface area contributed by atoms with E-state index in [1.54, 1.807) is 0 Å². The van der Waals surface area contributed by atoms with E-state index in [0.717, 1.165) is 25.4 Å². The van der Waals surface area contributed by atoms with Crippen molar-refractivity contribution >= 4 is 5.91 Å². The Kier molecular flexibility index (Phi) is 3.56. The molecule has 1 saturated carbocycles. The first-order chi connectivity index (χ1) is 9.25. The zero-order chi connectivity index (χ0) is 13.2. The van der Waals surface area contributed by atoms with Gasteiger partial charge < -0.3 is 10.2 Å². The van der Waals surface area contributed by atoms with Crippen molar-refractivity contribution in [2.24, 2.45) is 5.92 Å². The van der Waals surface area contributed by atoms with Crippen LogP contribution in [0.2, 0.25) is 0 Å². The highest BCUT2D eigenvalue weighted by Crippen LogP contribution is 2.29. The van der Waals surface area contributed by atoms with Gasteiger partial charge in [0.15, 0.2) is 0 Å². The molecule has 19 heavy (non-hydrogen) atoms. The molecule has 0 radical (unpaired) electrons. The standard InChI is InChI=1S/C16H22N2O/c1-18(11-12-5-4-6-12)16(19)15-14-8-3-2-7-13(14)9-10-17-15/h2-3,7-8,12,15,17H,4-6,9-11H2,1H3. The minimum absolute atomic E-state index is 0.143. The summed E-state index contributed by atoms with van der Waals surface area (Å²) in [6, 6.07) is 8.17. The molecule has 1 amide bonds. The van der Waals surface area contributed by atoms with Crippen molar-refractivity contribution in [2.45, 2.75) is 31.7 Å². The Bertz CT molecular complexity index is 468. The quantitative estimate of drug-likeness (QED) is 0.901. The topological polar surface area (TPSA) is 32.3 Å². The fourth-order valence-electron chi connectivity index (χ4n) is 3.10. The van der Waals surface area contributed by atoms with Crippen LogP contribution >= 0.6 is 0 Å². The number of fused-ring (bicyclic) bond motifs is 1. The van der Waals surface area contributed by atoms with E-state index in [-0.39, 0.29) is 11.9 Å². The molecule has 0 spiro atoms. The van der Waals surface area contributed by atoms with Crippen molar-refractivity contribution in [2.75, 3.05) is 20.1 Å². The Morgan fingerprint density at radius 3 is 2.89 bits per heavy atom. The molecule has 1 heterocycles. The van der Waals surface area contributed by atoms with Crippen LogP contribution in [0.1, 0.15) is 36.4 Å². The molecule has 1 unspecified atom stereocenters. The Hall–Kier alpha value is -1.35. The average molecular weight is 258 g/mol. The number of nitrogens with zero attached hydrogens (tertiary/aromatic N) is 1. The summed E-state index contributed by atoms with van der Waals surface area (Å²) < 4.78 is 0. The highest BCUT2D eigenvalue weighted by molar-refractivity contribution is 5.83. The van der Waals surface area contributed by atoms with E-state index >= 15 is 0 Å². The smallest absolute Gasteiger partial charge is 0.244 e. The Balaban J connectivity index is 1.73. The number of hydrogen-bond donors (Lipinski definition) is 1. The lowest BCUT2D eigenvalue weighted by Gasteiger charge is -2.34. The maximum absolute atomic E-state index is 12.6. The van der Waals surface area contributed by atoms with Gasteiger partial charge >= 0.3 is 0 Å². The predicted octanol–water partition coefficient (Wildman–Crippen LogP) is 2.13. The second-order valence-electron chi connectivity index (χ2n) is 5.85. The monoisotopic (exact) mass is 258 g/mol. The highest BCUT2D eigenvalue weighted by Gasteiger charge is 2.29. The second-order valence-corrected chi connectivity index (χ2v) is 5.85. The number of carbonyl (C=O) groups is 1. The molecule has 3 heteroatoms. The number of amides is 1. The fourth-order valence-corrected chi connectivity index (χ4v) is 3.10. The first-order valence-electron chi connectivity index (χ1n) is 7.32. The Labute approximate surface area is 115 Å². The SMILES string of the molecule is CN(CC1CCC1)C(=O)C1NCCc2ccccc21. The summed E-state index contributed by atoms with van der Waals surface area (Å²) >= 11 is 0. The zero-order valence-electron chi connectivity index (χ0n) is 11.6. The summed E-state index contributed by atoms with van der Waals surface area (Å²) in [7, 11) is 1.94. The normalized spacial score (nSPS) is 22.5. The summed E-state index contributed by atoms with van der Waals surface area (Å²) in [6.45, 7) is 1.81. The largest absolute Gasteiger partial charge is 0.344 e. The predicted molar refractivity (Wildman–Crippen MR) is 75.9 cm³/mol. The van der Waals surface area contributed by atoms with Gasteiger partial charge in [-0.1, -0.05) is 30.7 Å². The van der Waals surface area contributed by atoms with Crippen LogP contribution in [0.4, 0.5) is 0 Å². The van der Waals surface area contributed by atoms with Gasteiger partial charge in [0.05, 0.1) is 0 Å². The van der Waals surface area contributed by atoms with Gasteiger partial charge in [-0.05, 0) is 36.3 Å². The van der Waals surface area contributed by atoms with Crippen molar-refractivity contribution in [1.29, 1.82) is 0 Å². The molecule has 0 saturated heterocycles. The summed E-state index contributed by atoms with van der Waals surface area (Å²) in [5.41, 5.74) is 2.48. The van der Waals surface area contributed by atoms with E-state index in [2.05, 4.69) is 23.5 Å². The molecule has 2 aliphatic rings. The van der Waals surface area contributed by atoms with E-state index in [1.807, 2.05) is 18.0 Å². The van der Waals surface area contributed by atoms with E-state index in [9.17, 15) is 4.79 Å². The summed E-state index contributed by atoms with van der Waals surface area (Å²) in [4.78, 5) is 14.5. The molecule has 1 atom stereocenters. The number of rotatable bonds is 3. The first-order valence-corrected chi connectivity index (χ1v) is 7.32. The third-order valence-electron chi connectivity index (χ3n) is 4.49. The van der Waals surface area contributed by atoms with Crippen LogP contribution in [0.25, 0.3) is 0 Å². The third kappa shape index (κ3) is 2.52. The van der Waals surface area contributed by atoms with Crippen molar-refractivity contribution in [3.63, 3.8) is 0 Å². The van der Waals surface area contributed by atoms with Crippen LogP contribution in [0.3, 0.4) is 0 Å². The molecule has 1 aliphatic carbocycles. The van der Waals surface area contributed by atoms with Crippen molar-refractivity contribution in [3.8, 4) is 0 Å². The lowest BCUT2D eigenvalue weighted by molar-refractivity contribution is -0.133. The number of likely N-dealkylation sites (N-methyl/N-ethyl adjacent to an activating group) is 1. The lowest BCUT2D eigenvalue weighted by atomic mass is 9.85. The van der Waals surface area contributed by atoms with Gasteiger partial charge in [0.25, 0.3) is 0 Å². The van der Waals surface area contributed by atoms with Crippen molar-refractivity contribution in [3.05, 3.63) is 35.4 Å². The van der Waals surface area contributed by atoms with E-state index < -0.39 is 0 Å². The van der Waals surface area contributed by atoms with Crippen LogP contribution in [-0.2, 0) is 11.2 Å². The summed E-state index contributed by atoms with van der Waals surface area (Å²) in [6.07, 6.45) is 4.92. The van der Waals surface area contributed by atoms with Gasteiger partial charge in [-0.25, -0.2) is 0 Å². The minimum atomic E-state index is -0.143. The van der Waals surface area contributed by atoms with Crippen LogP contribution in [0.15, 0.2) is 24.3 Å². The molecule has 1 aromatic rings. The van der Waals surface area contributed by atoms with Crippen LogP contribution in [-0.4, -0.2) is 30.9 Å². The van der Waals surface area contributed by atoms with Gasteiger partial charge in [-0.3, -0.25) is 4.79 Å². The van der Waals surface area contributed by atoms with E-state index in [4.69, 9.17) is 0 Å². The fraction of sp³-hybridized carbons (Fsp3) is 0.562.